The van der Waals surface area contributed by atoms with Crippen molar-refractivity contribution in [3.63, 3.8) is 0 Å². The molecule has 1 aromatic rings. The molecule has 2 atom stereocenters. The summed E-state index contributed by atoms with van der Waals surface area (Å²) in [7, 11) is 0. The van der Waals surface area contributed by atoms with Crippen molar-refractivity contribution in [3.05, 3.63) is 29.8 Å². The average molecular weight is 279 g/mol. The Morgan fingerprint density at radius 2 is 2.25 bits per heavy atom. The minimum absolute atomic E-state index is 0.115. The number of benzene rings is 1. The van der Waals surface area contributed by atoms with Crippen LogP contribution in [0.5, 0.6) is 5.75 Å². The summed E-state index contributed by atoms with van der Waals surface area (Å²) in [6.45, 7) is 5.66. The van der Waals surface area contributed by atoms with Crippen molar-refractivity contribution >= 4 is 0 Å². The molecule has 0 saturated carbocycles. The molecule has 0 amide bonds. The van der Waals surface area contributed by atoms with Crippen LogP contribution in [-0.4, -0.2) is 31.0 Å². The second-order valence-corrected chi connectivity index (χ2v) is 5.86. The third-order valence-electron chi connectivity index (χ3n) is 3.89. The molecule has 4 nitrogen and oxygen atoms in total. The summed E-state index contributed by atoms with van der Waals surface area (Å²) >= 11 is 0. The van der Waals surface area contributed by atoms with Crippen LogP contribution in [0.15, 0.2) is 24.3 Å². The van der Waals surface area contributed by atoms with Gasteiger partial charge in [0.05, 0.1) is 18.8 Å². The number of aliphatic hydroxyl groups excluding tert-OH is 1. The van der Waals surface area contributed by atoms with Crippen molar-refractivity contribution in [2.75, 3.05) is 19.8 Å². The third kappa shape index (κ3) is 3.32. The number of ether oxygens (including phenoxy) is 2. The normalized spacial score (nSPS) is 24.6. The molecule has 1 aromatic carbocycles. The van der Waals surface area contributed by atoms with Crippen LogP contribution < -0.4 is 10.5 Å². The SMILES string of the molecule is CC(C)Oc1cccc(C(O)C2(CN)CCCOC2)c1. The number of rotatable bonds is 5. The highest BCUT2D eigenvalue weighted by molar-refractivity contribution is 5.31. The molecule has 3 N–H and O–H groups in total. The van der Waals surface area contributed by atoms with Gasteiger partial charge in [-0.2, -0.15) is 0 Å². The second kappa shape index (κ2) is 6.57. The number of hydrogen-bond acceptors (Lipinski definition) is 4. The van der Waals surface area contributed by atoms with E-state index in [9.17, 15) is 5.11 Å². The van der Waals surface area contributed by atoms with Crippen LogP contribution in [0.1, 0.15) is 38.4 Å². The van der Waals surface area contributed by atoms with Crippen LogP contribution in [0.4, 0.5) is 0 Å². The zero-order valence-corrected chi connectivity index (χ0v) is 12.3. The van der Waals surface area contributed by atoms with Gasteiger partial charge in [-0.25, -0.2) is 0 Å². The maximum Gasteiger partial charge on any atom is 0.120 e. The Bertz CT molecular complexity index is 427. The molecular formula is C16H25NO3. The maximum absolute atomic E-state index is 10.7. The highest BCUT2D eigenvalue weighted by Crippen LogP contribution is 2.40. The van der Waals surface area contributed by atoms with Gasteiger partial charge in [-0.15, -0.1) is 0 Å². The number of hydrogen-bond donors (Lipinski definition) is 2. The average Bonchev–Trinajstić information content (AvgIpc) is 2.47. The van der Waals surface area contributed by atoms with Gasteiger partial charge in [0.2, 0.25) is 0 Å². The van der Waals surface area contributed by atoms with Crippen molar-refractivity contribution in [2.45, 2.75) is 38.9 Å². The second-order valence-electron chi connectivity index (χ2n) is 5.86. The van der Waals surface area contributed by atoms with Crippen LogP contribution in [0.2, 0.25) is 0 Å². The first kappa shape index (κ1) is 15.3. The van der Waals surface area contributed by atoms with Crippen LogP contribution in [0.25, 0.3) is 0 Å². The van der Waals surface area contributed by atoms with E-state index in [4.69, 9.17) is 15.2 Å². The summed E-state index contributed by atoms with van der Waals surface area (Å²) < 4.78 is 11.2. The summed E-state index contributed by atoms with van der Waals surface area (Å²) in [6.07, 6.45) is 1.32. The minimum Gasteiger partial charge on any atom is -0.491 e. The summed E-state index contributed by atoms with van der Waals surface area (Å²) in [5.41, 5.74) is 6.39. The highest BCUT2D eigenvalue weighted by atomic mass is 16.5. The van der Waals surface area contributed by atoms with Gasteiger partial charge in [-0.05, 0) is 44.4 Å². The molecule has 1 aliphatic rings. The quantitative estimate of drug-likeness (QED) is 0.867. The van der Waals surface area contributed by atoms with Crippen molar-refractivity contribution in [1.82, 2.24) is 0 Å². The van der Waals surface area contributed by atoms with Gasteiger partial charge in [0.15, 0.2) is 0 Å². The Balaban J connectivity index is 2.20. The van der Waals surface area contributed by atoms with E-state index < -0.39 is 6.10 Å². The maximum atomic E-state index is 10.7. The molecule has 0 bridgehead atoms. The molecule has 0 radical (unpaired) electrons. The lowest BCUT2D eigenvalue weighted by atomic mass is 9.75. The predicted molar refractivity (Wildman–Crippen MR) is 78.7 cm³/mol. The van der Waals surface area contributed by atoms with E-state index >= 15 is 0 Å². The van der Waals surface area contributed by atoms with Crippen LogP contribution in [0, 0.1) is 5.41 Å². The molecule has 0 spiro atoms. The van der Waals surface area contributed by atoms with Gasteiger partial charge in [-0.1, -0.05) is 12.1 Å². The van der Waals surface area contributed by atoms with Gasteiger partial charge < -0.3 is 20.3 Å². The number of aliphatic hydroxyl groups is 1. The first-order chi connectivity index (χ1) is 9.57. The lowest BCUT2D eigenvalue weighted by Crippen LogP contribution is -2.43. The van der Waals surface area contributed by atoms with E-state index in [1.807, 2.05) is 38.1 Å². The predicted octanol–water partition coefficient (Wildman–Crippen LogP) is 2.26. The van der Waals surface area contributed by atoms with Crippen molar-refractivity contribution < 1.29 is 14.6 Å². The molecule has 112 valence electrons. The zero-order valence-electron chi connectivity index (χ0n) is 12.3. The number of nitrogens with two attached hydrogens (primary N) is 1. The topological polar surface area (TPSA) is 64.7 Å². The first-order valence-electron chi connectivity index (χ1n) is 7.30. The molecule has 2 unspecified atom stereocenters. The summed E-state index contributed by atoms with van der Waals surface area (Å²) in [6, 6.07) is 7.63. The smallest absolute Gasteiger partial charge is 0.120 e. The van der Waals surface area contributed by atoms with E-state index in [2.05, 4.69) is 0 Å². The lowest BCUT2D eigenvalue weighted by molar-refractivity contribution is -0.0782. The molecule has 4 heteroatoms. The molecule has 1 aliphatic heterocycles. The monoisotopic (exact) mass is 279 g/mol. The molecular weight excluding hydrogens is 254 g/mol. The van der Waals surface area contributed by atoms with Crippen molar-refractivity contribution in [1.29, 1.82) is 0 Å². The standard InChI is InChI=1S/C16H25NO3/c1-12(2)20-14-6-3-5-13(9-14)15(18)16(10-17)7-4-8-19-11-16/h3,5-6,9,12,15,18H,4,7-8,10-11,17H2,1-2H3. The fraction of sp³-hybridized carbons (Fsp3) is 0.625. The summed E-state index contributed by atoms with van der Waals surface area (Å²) in [5, 5.41) is 10.7. The summed E-state index contributed by atoms with van der Waals surface area (Å²) in [5.74, 6) is 0.778. The van der Waals surface area contributed by atoms with Gasteiger partial charge in [0, 0.05) is 18.6 Å². The van der Waals surface area contributed by atoms with Gasteiger partial charge >= 0.3 is 0 Å². The zero-order chi connectivity index (χ0) is 14.6. The molecule has 1 heterocycles. The fourth-order valence-corrected chi connectivity index (χ4v) is 2.75. The lowest BCUT2D eigenvalue weighted by Gasteiger charge is -2.40. The molecule has 0 aromatic heterocycles. The van der Waals surface area contributed by atoms with Crippen LogP contribution in [0.3, 0.4) is 0 Å². The summed E-state index contributed by atoms with van der Waals surface area (Å²) in [4.78, 5) is 0. The van der Waals surface area contributed by atoms with Crippen LogP contribution >= 0.6 is 0 Å². The molecule has 20 heavy (non-hydrogen) atoms. The Labute approximate surface area is 120 Å². The Hall–Kier alpha value is -1.10. The van der Waals surface area contributed by atoms with Gasteiger partial charge in [-0.3, -0.25) is 0 Å². The molecule has 1 saturated heterocycles. The van der Waals surface area contributed by atoms with E-state index in [0.29, 0.717) is 13.2 Å². The Kier molecular flexibility index (Phi) is 5.02. The third-order valence-corrected chi connectivity index (χ3v) is 3.89. The van der Waals surface area contributed by atoms with E-state index in [0.717, 1.165) is 30.8 Å². The highest BCUT2D eigenvalue weighted by Gasteiger charge is 2.39. The molecule has 1 fully saturated rings. The van der Waals surface area contributed by atoms with Crippen LogP contribution in [-0.2, 0) is 4.74 Å². The van der Waals surface area contributed by atoms with Gasteiger partial charge in [0.25, 0.3) is 0 Å². The Morgan fingerprint density at radius 1 is 1.45 bits per heavy atom. The Morgan fingerprint density at radius 3 is 2.85 bits per heavy atom. The van der Waals surface area contributed by atoms with Crippen molar-refractivity contribution in [2.24, 2.45) is 11.1 Å². The van der Waals surface area contributed by atoms with E-state index in [-0.39, 0.29) is 11.5 Å². The van der Waals surface area contributed by atoms with E-state index in [1.165, 1.54) is 0 Å². The largest absolute Gasteiger partial charge is 0.491 e. The first-order valence-corrected chi connectivity index (χ1v) is 7.30. The minimum atomic E-state index is -0.622. The fourth-order valence-electron chi connectivity index (χ4n) is 2.75. The molecule has 2 rings (SSSR count). The van der Waals surface area contributed by atoms with Crippen molar-refractivity contribution in [3.8, 4) is 5.75 Å². The van der Waals surface area contributed by atoms with Gasteiger partial charge in [0.1, 0.15) is 5.75 Å². The van der Waals surface area contributed by atoms with E-state index in [1.54, 1.807) is 0 Å². The molecule has 0 aliphatic carbocycles.